The minimum absolute atomic E-state index is 0.309. The van der Waals surface area contributed by atoms with Gasteiger partial charge in [-0.05, 0) is 18.8 Å². The van der Waals surface area contributed by atoms with Crippen molar-refractivity contribution in [2.75, 3.05) is 0 Å². The predicted molar refractivity (Wildman–Crippen MR) is 47.0 cm³/mol. The first-order chi connectivity index (χ1) is 5.65. The van der Waals surface area contributed by atoms with Crippen LogP contribution in [0.25, 0.3) is 0 Å². The van der Waals surface area contributed by atoms with Gasteiger partial charge in [0, 0.05) is 6.04 Å². The Bertz CT molecular complexity index is 170. The van der Waals surface area contributed by atoms with Crippen molar-refractivity contribution in [2.45, 2.75) is 45.2 Å². The fraction of sp³-hybridized carbons (Fsp3) is 0.889. The molecule has 0 aromatic rings. The third-order valence-electron chi connectivity index (χ3n) is 2.61. The van der Waals surface area contributed by atoms with E-state index in [0.29, 0.717) is 12.0 Å². The van der Waals surface area contributed by atoms with Gasteiger partial charge in [0.05, 0.1) is 0 Å². The van der Waals surface area contributed by atoms with Gasteiger partial charge in [0.2, 0.25) is 0 Å². The lowest BCUT2D eigenvalue weighted by Crippen LogP contribution is -2.35. The van der Waals surface area contributed by atoms with E-state index in [2.05, 4.69) is 19.2 Å². The molecule has 0 bridgehead atoms. The van der Waals surface area contributed by atoms with Gasteiger partial charge in [0.25, 0.3) is 0 Å². The molecule has 2 N–H and O–H groups in total. The first kappa shape index (κ1) is 9.52. The van der Waals surface area contributed by atoms with Crippen LogP contribution in [0.4, 0.5) is 0 Å². The second-order valence-electron chi connectivity index (χ2n) is 3.67. The van der Waals surface area contributed by atoms with E-state index in [1.807, 2.05) is 0 Å². The topological polar surface area (TPSA) is 49.3 Å². The van der Waals surface area contributed by atoms with Crippen molar-refractivity contribution < 1.29 is 9.90 Å². The molecule has 1 aliphatic rings. The number of hydrogen-bond acceptors (Lipinski definition) is 2. The summed E-state index contributed by atoms with van der Waals surface area (Å²) in [5, 5.41) is 11.9. The van der Waals surface area contributed by atoms with Crippen LogP contribution in [-0.4, -0.2) is 23.2 Å². The van der Waals surface area contributed by atoms with Gasteiger partial charge in [0.15, 0.2) is 0 Å². The smallest absolute Gasteiger partial charge is 0.320 e. The molecular weight excluding hydrogens is 154 g/mol. The van der Waals surface area contributed by atoms with Gasteiger partial charge < -0.3 is 10.4 Å². The zero-order valence-electron chi connectivity index (χ0n) is 7.71. The summed E-state index contributed by atoms with van der Waals surface area (Å²) in [6, 6.07) is 0.104. The van der Waals surface area contributed by atoms with Crippen molar-refractivity contribution in [2.24, 2.45) is 5.92 Å². The minimum atomic E-state index is -0.708. The van der Waals surface area contributed by atoms with Gasteiger partial charge >= 0.3 is 5.97 Å². The highest BCUT2D eigenvalue weighted by molar-refractivity contribution is 5.73. The Morgan fingerprint density at radius 1 is 1.67 bits per heavy atom. The van der Waals surface area contributed by atoms with E-state index < -0.39 is 5.97 Å². The van der Waals surface area contributed by atoms with Gasteiger partial charge in [-0.2, -0.15) is 0 Å². The Morgan fingerprint density at radius 2 is 2.33 bits per heavy atom. The summed E-state index contributed by atoms with van der Waals surface area (Å²) in [6.45, 7) is 4.25. The molecule has 0 saturated carbocycles. The summed E-state index contributed by atoms with van der Waals surface area (Å²) in [4.78, 5) is 10.6. The van der Waals surface area contributed by atoms with Crippen molar-refractivity contribution >= 4 is 5.97 Å². The molecule has 3 atom stereocenters. The largest absolute Gasteiger partial charge is 0.480 e. The first-order valence-corrected chi connectivity index (χ1v) is 4.64. The van der Waals surface area contributed by atoms with Gasteiger partial charge in [-0.25, -0.2) is 0 Å². The standard InChI is InChI=1S/C9H17NO2/c1-3-4-7-6(2)5-8(10-7)9(11)12/h6-8,10H,3-5H2,1-2H3,(H,11,12)/t6-,7-,8+/m1/s1. The summed E-state index contributed by atoms with van der Waals surface area (Å²) >= 11 is 0. The average Bonchev–Trinajstić information content (AvgIpc) is 2.34. The Morgan fingerprint density at radius 3 is 2.75 bits per heavy atom. The van der Waals surface area contributed by atoms with Crippen LogP contribution in [0.2, 0.25) is 0 Å². The van der Waals surface area contributed by atoms with E-state index in [1.54, 1.807) is 0 Å². The highest BCUT2D eigenvalue weighted by atomic mass is 16.4. The number of carboxylic acids is 1. The highest BCUT2D eigenvalue weighted by Crippen LogP contribution is 2.22. The number of rotatable bonds is 3. The van der Waals surface area contributed by atoms with Crippen LogP contribution >= 0.6 is 0 Å². The van der Waals surface area contributed by atoms with Crippen molar-refractivity contribution in [1.82, 2.24) is 5.32 Å². The van der Waals surface area contributed by atoms with E-state index >= 15 is 0 Å². The Labute approximate surface area is 73.2 Å². The van der Waals surface area contributed by atoms with Crippen LogP contribution in [0.15, 0.2) is 0 Å². The molecule has 0 aliphatic carbocycles. The zero-order valence-corrected chi connectivity index (χ0v) is 7.71. The summed E-state index contributed by atoms with van der Waals surface area (Å²) < 4.78 is 0. The Kier molecular flexibility index (Phi) is 3.09. The average molecular weight is 171 g/mol. The van der Waals surface area contributed by atoms with Crippen molar-refractivity contribution in [3.63, 3.8) is 0 Å². The van der Waals surface area contributed by atoms with E-state index in [9.17, 15) is 4.79 Å². The van der Waals surface area contributed by atoms with Gasteiger partial charge in [-0.3, -0.25) is 4.79 Å². The quantitative estimate of drug-likeness (QED) is 0.671. The summed E-state index contributed by atoms with van der Waals surface area (Å²) in [5.74, 6) is -0.202. The molecule has 3 heteroatoms. The lowest BCUT2D eigenvalue weighted by Gasteiger charge is -2.13. The van der Waals surface area contributed by atoms with E-state index in [0.717, 1.165) is 19.3 Å². The second kappa shape index (κ2) is 3.90. The summed E-state index contributed by atoms with van der Waals surface area (Å²) in [6.07, 6.45) is 2.99. The molecule has 12 heavy (non-hydrogen) atoms. The van der Waals surface area contributed by atoms with Crippen LogP contribution < -0.4 is 5.32 Å². The predicted octanol–water partition coefficient (Wildman–Crippen LogP) is 1.24. The minimum Gasteiger partial charge on any atom is -0.480 e. The lowest BCUT2D eigenvalue weighted by molar-refractivity contribution is -0.139. The maximum Gasteiger partial charge on any atom is 0.320 e. The van der Waals surface area contributed by atoms with Crippen LogP contribution in [0.5, 0.6) is 0 Å². The normalized spacial score (nSPS) is 35.3. The van der Waals surface area contributed by atoms with Crippen LogP contribution in [0.1, 0.15) is 33.1 Å². The Hall–Kier alpha value is -0.570. The van der Waals surface area contributed by atoms with E-state index in [-0.39, 0.29) is 6.04 Å². The summed E-state index contributed by atoms with van der Waals surface area (Å²) in [7, 11) is 0. The molecule has 0 radical (unpaired) electrons. The number of carbonyl (C=O) groups is 1. The maximum atomic E-state index is 10.6. The Balaban J connectivity index is 2.44. The molecule has 70 valence electrons. The molecule has 3 nitrogen and oxygen atoms in total. The van der Waals surface area contributed by atoms with Crippen molar-refractivity contribution in [3.8, 4) is 0 Å². The number of carboxylic acid groups (broad SMARTS) is 1. The molecule has 1 fully saturated rings. The van der Waals surface area contributed by atoms with Gasteiger partial charge in [-0.1, -0.05) is 20.3 Å². The molecule has 1 aliphatic heterocycles. The molecule has 0 amide bonds. The molecule has 1 heterocycles. The third kappa shape index (κ3) is 1.97. The van der Waals surface area contributed by atoms with Crippen LogP contribution in [-0.2, 0) is 4.79 Å². The van der Waals surface area contributed by atoms with Crippen LogP contribution in [0, 0.1) is 5.92 Å². The molecule has 0 unspecified atom stereocenters. The highest BCUT2D eigenvalue weighted by Gasteiger charge is 2.33. The third-order valence-corrected chi connectivity index (χ3v) is 2.61. The molecule has 0 spiro atoms. The lowest BCUT2D eigenvalue weighted by atomic mass is 9.98. The van der Waals surface area contributed by atoms with Crippen LogP contribution in [0.3, 0.4) is 0 Å². The van der Waals surface area contributed by atoms with Crippen molar-refractivity contribution in [3.05, 3.63) is 0 Å². The van der Waals surface area contributed by atoms with Gasteiger partial charge in [0.1, 0.15) is 6.04 Å². The van der Waals surface area contributed by atoms with E-state index in [1.165, 1.54) is 0 Å². The zero-order chi connectivity index (χ0) is 9.14. The SMILES string of the molecule is CCC[C@H]1N[C@H](C(=O)O)C[C@H]1C. The molecular formula is C9H17NO2. The second-order valence-corrected chi connectivity index (χ2v) is 3.67. The number of nitrogens with one attached hydrogen (secondary N) is 1. The molecule has 1 saturated heterocycles. The summed E-state index contributed by atoms with van der Waals surface area (Å²) in [5.41, 5.74) is 0. The monoisotopic (exact) mass is 171 g/mol. The molecule has 0 aromatic heterocycles. The maximum absolute atomic E-state index is 10.6. The molecule has 1 rings (SSSR count). The van der Waals surface area contributed by atoms with Crippen molar-refractivity contribution in [1.29, 1.82) is 0 Å². The fourth-order valence-corrected chi connectivity index (χ4v) is 1.88. The van der Waals surface area contributed by atoms with Gasteiger partial charge in [-0.15, -0.1) is 0 Å². The fourth-order valence-electron chi connectivity index (χ4n) is 1.88. The van der Waals surface area contributed by atoms with E-state index in [4.69, 9.17) is 5.11 Å². The molecule has 0 aromatic carbocycles. The number of hydrogen-bond donors (Lipinski definition) is 2. The number of aliphatic carboxylic acids is 1. The first-order valence-electron chi connectivity index (χ1n) is 4.64.